The molecule has 1 heteroatoms. The first-order valence-corrected chi connectivity index (χ1v) is 6.59. The van der Waals surface area contributed by atoms with Crippen LogP contribution in [0.4, 0.5) is 0 Å². The maximum absolute atomic E-state index is 11.5. The highest BCUT2D eigenvalue weighted by Gasteiger charge is 2.22. The van der Waals surface area contributed by atoms with Gasteiger partial charge in [0.2, 0.25) is 0 Å². The average molecular weight is 228 g/mol. The predicted octanol–water partition coefficient (Wildman–Crippen LogP) is 4.25. The summed E-state index contributed by atoms with van der Waals surface area (Å²) in [6.07, 6.45) is 7.03. The molecule has 1 aliphatic rings. The fraction of sp³-hybridized carbons (Fsp3) is 0.438. The molecule has 0 fully saturated rings. The highest BCUT2D eigenvalue weighted by atomic mass is 16.1. The Morgan fingerprint density at radius 3 is 2.71 bits per heavy atom. The van der Waals surface area contributed by atoms with Crippen molar-refractivity contribution < 1.29 is 4.79 Å². The number of carbonyl (C=O) groups excluding carboxylic acids is 1. The monoisotopic (exact) mass is 228 g/mol. The van der Waals surface area contributed by atoms with Crippen LogP contribution in [0.1, 0.15) is 50.5 Å². The first-order chi connectivity index (χ1) is 8.31. The van der Waals surface area contributed by atoms with Crippen LogP contribution in [0.15, 0.2) is 42.0 Å². The van der Waals surface area contributed by atoms with Crippen LogP contribution < -0.4 is 0 Å². The van der Waals surface area contributed by atoms with E-state index in [0.717, 1.165) is 12.8 Å². The summed E-state index contributed by atoms with van der Waals surface area (Å²) in [5.74, 6) is 0.781. The summed E-state index contributed by atoms with van der Waals surface area (Å²) in [7, 11) is 0. The number of benzene rings is 1. The van der Waals surface area contributed by atoms with E-state index < -0.39 is 0 Å². The van der Waals surface area contributed by atoms with E-state index in [1.807, 2.05) is 12.1 Å². The van der Waals surface area contributed by atoms with Crippen molar-refractivity contribution >= 4 is 5.78 Å². The molecule has 0 spiro atoms. The Bertz CT molecular complexity index is 403. The van der Waals surface area contributed by atoms with Crippen molar-refractivity contribution in [3.8, 4) is 0 Å². The third-order valence-electron chi connectivity index (χ3n) is 3.49. The maximum Gasteiger partial charge on any atom is 0.155 e. The summed E-state index contributed by atoms with van der Waals surface area (Å²) in [4.78, 5) is 11.5. The predicted molar refractivity (Wildman–Crippen MR) is 71.0 cm³/mol. The highest BCUT2D eigenvalue weighted by Crippen LogP contribution is 2.35. The Morgan fingerprint density at radius 1 is 1.24 bits per heavy atom. The molecule has 0 aromatic heterocycles. The summed E-state index contributed by atoms with van der Waals surface area (Å²) in [5.41, 5.74) is 2.71. The fourth-order valence-corrected chi connectivity index (χ4v) is 2.54. The van der Waals surface area contributed by atoms with Gasteiger partial charge in [-0.15, -0.1) is 0 Å². The van der Waals surface area contributed by atoms with Crippen LogP contribution in [-0.2, 0) is 4.79 Å². The highest BCUT2D eigenvalue weighted by molar-refractivity contribution is 5.91. The summed E-state index contributed by atoms with van der Waals surface area (Å²) >= 11 is 0. The van der Waals surface area contributed by atoms with E-state index in [-0.39, 0.29) is 0 Å². The molecule has 0 N–H and O–H groups in total. The molecule has 1 unspecified atom stereocenters. The van der Waals surface area contributed by atoms with Crippen LogP contribution in [0, 0.1) is 0 Å². The summed E-state index contributed by atoms with van der Waals surface area (Å²) in [6, 6.07) is 10.6. The Hall–Kier alpha value is -1.37. The van der Waals surface area contributed by atoms with Crippen LogP contribution in [-0.4, -0.2) is 5.78 Å². The molecule has 1 aromatic rings. The van der Waals surface area contributed by atoms with Crippen molar-refractivity contribution in [2.45, 2.75) is 44.9 Å². The zero-order valence-electron chi connectivity index (χ0n) is 10.5. The van der Waals surface area contributed by atoms with Gasteiger partial charge in [-0.25, -0.2) is 0 Å². The van der Waals surface area contributed by atoms with Gasteiger partial charge in [-0.3, -0.25) is 4.79 Å². The van der Waals surface area contributed by atoms with Gasteiger partial charge in [0, 0.05) is 12.3 Å². The topological polar surface area (TPSA) is 17.1 Å². The Kier molecular flexibility index (Phi) is 4.13. The third-order valence-corrected chi connectivity index (χ3v) is 3.49. The molecule has 1 nitrogen and oxygen atoms in total. The van der Waals surface area contributed by atoms with Gasteiger partial charge in [0.15, 0.2) is 5.78 Å². The van der Waals surface area contributed by atoms with Crippen LogP contribution in [0.2, 0.25) is 0 Å². The minimum absolute atomic E-state index is 0.309. The third kappa shape index (κ3) is 3.06. The molecule has 1 atom stereocenters. The van der Waals surface area contributed by atoms with Gasteiger partial charge in [0.1, 0.15) is 0 Å². The van der Waals surface area contributed by atoms with E-state index in [9.17, 15) is 4.79 Å². The van der Waals surface area contributed by atoms with E-state index >= 15 is 0 Å². The lowest BCUT2D eigenvalue weighted by Gasteiger charge is -2.24. The number of unbranched alkanes of at least 4 members (excludes halogenated alkanes) is 1. The summed E-state index contributed by atoms with van der Waals surface area (Å²) in [5, 5.41) is 0. The Balaban J connectivity index is 2.20. The van der Waals surface area contributed by atoms with Gasteiger partial charge in [-0.2, -0.15) is 0 Å². The SMILES string of the molecule is CCCCC1=CC(=O)CCC1c1ccccc1. The van der Waals surface area contributed by atoms with Crippen LogP contribution in [0.25, 0.3) is 0 Å². The van der Waals surface area contributed by atoms with Crippen LogP contribution in [0.3, 0.4) is 0 Å². The zero-order chi connectivity index (χ0) is 12.1. The minimum atomic E-state index is 0.309. The number of hydrogen-bond donors (Lipinski definition) is 0. The second-order valence-corrected chi connectivity index (χ2v) is 4.79. The molecule has 90 valence electrons. The molecule has 0 aliphatic heterocycles. The number of rotatable bonds is 4. The minimum Gasteiger partial charge on any atom is -0.295 e. The van der Waals surface area contributed by atoms with E-state index in [1.54, 1.807) is 0 Å². The Morgan fingerprint density at radius 2 is 2.00 bits per heavy atom. The van der Waals surface area contributed by atoms with Crippen LogP contribution >= 0.6 is 0 Å². The lowest BCUT2D eigenvalue weighted by molar-refractivity contribution is -0.115. The average Bonchev–Trinajstić information content (AvgIpc) is 2.37. The molecule has 0 radical (unpaired) electrons. The second kappa shape index (κ2) is 5.81. The van der Waals surface area contributed by atoms with E-state index in [2.05, 4.69) is 31.2 Å². The molecule has 1 aliphatic carbocycles. The zero-order valence-corrected chi connectivity index (χ0v) is 10.5. The van der Waals surface area contributed by atoms with Gasteiger partial charge in [0.25, 0.3) is 0 Å². The van der Waals surface area contributed by atoms with Gasteiger partial charge in [-0.05, 0) is 30.9 Å². The van der Waals surface area contributed by atoms with Crippen molar-refractivity contribution in [1.82, 2.24) is 0 Å². The fourth-order valence-electron chi connectivity index (χ4n) is 2.54. The lowest BCUT2D eigenvalue weighted by atomic mass is 9.80. The number of hydrogen-bond acceptors (Lipinski definition) is 1. The van der Waals surface area contributed by atoms with Crippen molar-refractivity contribution in [3.63, 3.8) is 0 Å². The normalized spacial score (nSPS) is 20.2. The molecular weight excluding hydrogens is 208 g/mol. The molecule has 0 saturated carbocycles. The first kappa shape index (κ1) is 12.1. The summed E-state index contributed by atoms with van der Waals surface area (Å²) in [6.45, 7) is 2.20. The van der Waals surface area contributed by atoms with E-state index in [1.165, 1.54) is 24.0 Å². The molecule has 2 rings (SSSR count). The maximum atomic E-state index is 11.5. The first-order valence-electron chi connectivity index (χ1n) is 6.59. The number of carbonyl (C=O) groups is 1. The summed E-state index contributed by atoms with van der Waals surface area (Å²) < 4.78 is 0. The van der Waals surface area contributed by atoms with Gasteiger partial charge >= 0.3 is 0 Å². The molecular formula is C16H20O. The second-order valence-electron chi connectivity index (χ2n) is 4.79. The Labute approximate surface area is 104 Å². The van der Waals surface area contributed by atoms with Crippen molar-refractivity contribution in [2.24, 2.45) is 0 Å². The molecule has 0 saturated heterocycles. The molecule has 1 aromatic carbocycles. The van der Waals surface area contributed by atoms with Crippen LogP contribution in [0.5, 0.6) is 0 Å². The molecule has 0 bridgehead atoms. The van der Waals surface area contributed by atoms with Crippen molar-refractivity contribution in [3.05, 3.63) is 47.5 Å². The van der Waals surface area contributed by atoms with Gasteiger partial charge < -0.3 is 0 Å². The smallest absolute Gasteiger partial charge is 0.155 e. The van der Waals surface area contributed by atoms with Crippen molar-refractivity contribution in [2.75, 3.05) is 0 Å². The number of ketones is 1. The largest absolute Gasteiger partial charge is 0.295 e. The van der Waals surface area contributed by atoms with Gasteiger partial charge in [-0.1, -0.05) is 49.2 Å². The molecule has 0 amide bonds. The number of allylic oxidation sites excluding steroid dienone is 2. The molecule has 17 heavy (non-hydrogen) atoms. The van der Waals surface area contributed by atoms with E-state index in [0.29, 0.717) is 18.1 Å². The van der Waals surface area contributed by atoms with E-state index in [4.69, 9.17) is 0 Å². The quantitative estimate of drug-likeness (QED) is 0.753. The standard InChI is InChI=1S/C16H20O/c1-2-3-7-14-12-15(17)10-11-16(14)13-8-5-4-6-9-13/h4-6,8-9,12,16H,2-3,7,10-11H2,1H3. The van der Waals surface area contributed by atoms with Gasteiger partial charge in [0.05, 0.1) is 0 Å². The van der Waals surface area contributed by atoms with Crippen molar-refractivity contribution in [1.29, 1.82) is 0 Å². The molecule has 0 heterocycles. The lowest BCUT2D eigenvalue weighted by Crippen LogP contribution is -2.12.